The molecule has 0 aromatic carbocycles. The lowest BCUT2D eigenvalue weighted by atomic mass is 10.2. The number of nitrogens with zero attached hydrogens (tertiary/aromatic N) is 2. The Balaban J connectivity index is 2.11. The van der Waals surface area contributed by atoms with Crippen molar-refractivity contribution in [2.45, 2.75) is 19.9 Å². The van der Waals surface area contributed by atoms with Gasteiger partial charge in [0.25, 0.3) is 0 Å². The number of carbonyl (C=O) groups is 1. The van der Waals surface area contributed by atoms with E-state index < -0.39 is 17.3 Å². The molecule has 0 saturated carbocycles. The summed E-state index contributed by atoms with van der Waals surface area (Å²) < 4.78 is 19.1. The molecule has 0 saturated heterocycles. The molecule has 2 heterocycles. The van der Waals surface area contributed by atoms with Gasteiger partial charge < -0.3 is 14.8 Å². The average molecular weight is 265 g/mol. The first-order chi connectivity index (χ1) is 9.11. The van der Waals surface area contributed by atoms with Gasteiger partial charge in [-0.05, 0) is 6.07 Å². The van der Waals surface area contributed by atoms with Gasteiger partial charge in [-0.15, -0.1) is 0 Å². The van der Waals surface area contributed by atoms with E-state index in [1.807, 2.05) is 6.92 Å². The van der Waals surface area contributed by atoms with Gasteiger partial charge in [0.15, 0.2) is 11.6 Å². The predicted octanol–water partition coefficient (Wildman–Crippen LogP) is 2.08. The molecule has 0 fully saturated rings. The number of pyridine rings is 1. The summed E-state index contributed by atoms with van der Waals surface area (Å²) in [4.78, 5) is 18.5. The highest BCUT2D eigenvalue weighted by Gasteiger charge is 2.15. The smallest absolute Gasteiger partial charge is 0.338 e. The third-order valence-corrected chi connectivity index (χ3v) is 2.48. The molecule has 0 bridgehead atoms. The topological polar surface area (TPSA) is 88.2 Å². The van der Waals surface area contributed by atoms with E-state index in [-0.39, 0.29) is 12.4 Å². The van der Waals surface area contributed by atoms with Crippen molar-refractivity contribution in [3.8, 4) is 0 Å². The van der Waals surface area contributed by atoms with Crippen LogP contribution < -0.4 is 5.32 Å². The lowest BCUT2D eigenvalue weighted by molar-refractivity contribution is 0.0692. The van der Waals surface area contributed by atoms with Gasteiger partial charge in [-0.3, -0.25) is 0 Å². The number of aromatic carboxylic acids is 1. The number of rotatable bonds is 5. The third-order valence-electron chi connectivity index (χ3n) is 2.48. The summed E-state index contributed by atoms with van der Waals surface area (Å²) in [6.45, 7) is 2.06. The van der Waals surface area contributed by atoms with Crippen molar-refractivity contribution in [3.63, 3.8) is 0 Å². The number of nitrogens with one attached hydrogen (secondary N) is 1. The molecule has 0 atom stereocenters. The molecule has 0 radical (unpaired) electrons. The van der Waals surface area contributed by atoms with Crippen LogP contribution in [0.1, 0.15) is 28.9 Å². The van der Waals surface area contributed by atoms with E-state index in [0.29, 0.717) is 12.3 Å². The van der Waals surface area contributed by atoms with E-state index in [4.69, 9.17) is 9.52 Å². The van der Waals surface area contributed by atoms with E-state index >= 15 is 0 Å². The van der Waals surface area contributed by atoms with Crippen molar-refractivity contribution in [2.24, 2.45) is 0 Å². The van der Waals surface area contributed by atoms with E-state index in [1.54, 1.807) is 6.20 Å². The highest BCUT2D eigenvalue weighted by atomic mass is 19.1. The lowest BCUT2D eigenvalue weighted by Crippen LogP contribution is -2.08. The first-order valence-corrected chi connectivity index (χ1v) is 5.67. The molecule has 0 spiro atoms. The summed E-state index contributed by atoms with van der Waals surface area (Å²) in [5, 5.41) is 11.4. The van der Waals surface area contributed by atoms with Crippen molar-refractivity contribution in [3.05, 3.63) is 41.5 Å². The first kappa shape index (κ1) is 13.0. The zero-order chi connectivity index (χ0) is 13.8. The molecule has 2 aromatic rings. The molecule has 0 unspecified atom stereocenters. The number of halogens is 1. The molecule has 7 heteroatoms. The first-order valence-electron chi connectivity index (χ1n) is 5.67. The standard InChI is InChI=1S/C12H12FN3O3/c1-2-7-5-15-9(19-7)6-16-11-10(13)8(12(17)18)3-4-14-11/h3-5H,2,6H2,1H3,(H,14,16)(H,17,18). The van der Waals surface area contributed by atoms with Gasteiger partial charge in [0.2, 0.25) is 5.89 Å². The minimum Gasteiger partial charge on any atom is -0.478 e. The highest BCUT2D eigenvalue weighted by Crippen LogP contribution is 2.16. The Hall–Kier alpha value is -2.44. The van der Waals surface area contributed by atoms with Crippen molar-refractivity contribution >= 4 is 11.8 Å². The van der Waals surface area contributed by atoms with Crippen LogP contribution in [0, 0.1) is 5.82 Å². The number of carboxylic acid groups (broad SMARTS) is 1. The molecule has 0 aliphatic heterocycles. The SMILES string of the molecule is CCc1cnc(CNc2nccc(C(=O)O)c2F)o1. The normalized spacial score (nSPS) is 10.4. The number of hydrogen-bond donors (Lipinski definition) is 2. The van der Waals surface area contributed by atoms with Crippen LogP contribution in [0.2, 0.25) is 0 Å². The number of oxazole rings is 1. The fourth-order valence-corrected chi connectivity index (χ4v) is 1.48. The molecule has 6 nitrogen and oxygen atoms in total. The van der Waals surface area contributed by atoms with E-state index in [2.05, 4.69) is 15.3 Å². The van der Waals surface area contributed by atoms with Crippen LogP contribution in [0.25, 0.3) is 0 Å². The third kappa shape index (κ3) is 2.87. The highest BCUT2D eigenvalue weighted by molar-refractivity contribution is 5.88. The summed E-state index contributed by atoms with van der Waals surface area (Å²) in [5.74, 6) is -1.27. The fourth-order valence-electron chi connectivity index (χ4n) is 1.48. The summed E-state index contributed by atoms with van der Waals surface area (Å²) in [7, 11) is 0. The quantitative estimate of drug-likeness (QED) is 0.860. The van der Waals surface area contributed by atoms with Gasteiger partial charge in [-0.2, -0.15) is 0 Å². The van der Waals surface area contributed by atoms with Crippen LogP contribution in [-0.4, -0.2) is 21.0 Å². The van der Waals surface area contributed by atoms with Crippen LogP contribution in [0.4, 0.5) is 10.2 Å². The largest absolute Gasteiger partial charge is 0.478 e. The summed E-state index contributed by atoms with van der Waals surface area (Å²) in [5.41, 5.74) is -0.431. The maximum Gasteiger partial charge on any atom is 0.338 e. The molecule has 0 aliphatic carbocycles. The summed E-state index contributed by atoms with van der Waals surface area (Å²) >= 11 is 0. The van der Waals surface area contributed by atoms with E-state index in [9.17, 15) is 9.18 Å². The van der Waals surface area contributed by atoms with Gasteiger partial charge in [-0.25, -0.2) is 19.2 Å². The van der Waals surface area contributed by atoms with Gasteiger partial charge in [0.05, 0.1) is 12.7 Å². The average Bonchev–Trinajstić information content (AvgIpc) is 2.85. The zero-order valence-electron chi connectivity index (χ0n) is 10.2. The van der Waals surface area contributed by atoms with Crippen molar-refractivity contribution in [1.82, 2.24) is 9.97 Å². The van der Waals surface area contributed by atoms with Gasteiger partial charge >= 0.3 is 5.97 Å². The van der Waals surface area contributed by atoms with Crippen molar-refractivity contribution in [2.75, 3.05) is 5.32 Å². The van der Waals surface area contributed by atoms with Crippen LogP contribution in [0.5, 0.6) is 0 Å². The molecule has 100 valence electrons. The van der Waals surface area contributed by atoms with Crippen LogP contribution in [0.15, 0.2) is 22.9 Å². The van der Waals surface area contributed by atoms with Crippen LogP contribution in [-0.2, 0) is 13.0 Å². The molecule has 19 heavy (non-hydrogen) atoms. The minimum atomic E-state index is -1.34. The number of hydrogen-bond acceptors (Lipinski definition) is 5. The van der Waals surface area contributed by atoms with Gasteiger partial charge in [0.1, 0.15) is 11.3 Å². The second-order valence-corrected chi connectivity index (χ2v) is 3.75. The minimum absolute atomic E-state index is 0.132. The Morgan fingerprint density at radius 1 is 1.53 bits per heavy atom. The maximum atomic E-state index is 13.7. The predicted molar refractivity (Wildman–Crippen MR) is 64.4 cm³/mol. The van der Waals surface area contributed by atoms with Gasteiger partial charge in [-0.1, -0.05) is 6.92 Å². The van der Waals surface area contributed by atoms with Gasteiger partial charge in [0, 0.05) is 12.6 Å². The Bertz CT molecular complexity index is 598. The molecule has 2 aromatic heterocycles. The summed E-state index contributed by atoms with van der Waals surface area (Å²) in [6, 6.07) is 1.10. The van der Waals surface area contributed by atoms with Crippen molar-refractivity contribution in [1.29, 1.82) is 0 Å². The number of aryl methyl sites for hydroxylation is 1. The second-order valence-electron chi connectivity index (χ2n) is 3.75. The van der Waals surface area contributed by atoms with E-state index in [0.717, 1.165) is 11.8 Å². The Labute approximate surface area is 108 Å². The second kappa shape index (κ2) is 5.47. The lowest BCUT2D eigenvalue weighted by Gasteiger charge is -2.05. The summed E-state index contributed by atoms with van der Waals surface area (Å²) in [6.07, 6.45) is 3.53. The maximum absolute atomic E-state index is 13.7. The van der Waals surface area contributed by atoms with Crippen LogP contribution >= 0.6 is 0 Å². The molecular weight excluding hydrogens is 253 g/mol. The molecule has 2 N–H and O–H groups in total. The number of aromatic nitrogens is 2. The van der Waals surface area contributed by atoms with Crippen molar-refractivity contribution < 1.29 is 18.7 Å². The van der Waals surface area contributed by atoms with Crippen LogP contribution in [0.3, 0.4) is 0 Å². The molecular formula is C12H12FN3O3. The number of carboxylic acids is 1. The molecule has 0 aliphatic rings. The Morgan fingerprint density at radius 3 is 2.95 bits per heavy atom. The molecule has 2 rings (SSSR count). The molecule has 0 amide bonds. The van der Waals surface area contributed by atoms with E-state index in [1.165, 1.54) is 6.20 Å². The fraction of sp³-hybridized carbons (Fsp3) is 0.250. The Morgan fingerprint density at radius 2 is 2.32 bits per heavy atom. The monoisotopic (exact) mass is 265 g/mol. The zero-order valence-corrected chi connectivity index (χ0v) is 10.2. The number of anilines is 1. The Kier molecular flexibility index (Phi) is 3.74.